The van der Waals surface area contributed by atoms with E-state index in [1.807, 2.05) is 22.6 Å². The van der Waals surface area contributed by atoms with E-state index >= 15 is 0 Å². The Morgan fingerprint density at radius 3 is 2.52 bits per heavy atom. The fraction of sp³-hybridized carbons (Fsp3) is 0.657. The number of anilines is 1. The number of nitrogens with one attached hydrogen (secondary N) is 1. The molecule has 3 atom stereocenters. The van der Waals surface area contributed by atoms with E-state index < -0.39 is 6.04 Å². The Balaban J connectivity index is 1.58. The molecule has 7 nitrogen and oxygen atoms in total. The van der Waals surface area contributed by atoms with Gasteiger partial charge >= 0.3 is 0 Å². The van der Waals surface area contributed by atoms with Gasteiger partial charge < -0.3 is 14.8 Å². The highest BCUT2D eigenvalue weighted by Gasteiger charge is 2.66. The van der Waals surface area contributed by atoms with E-state index in [0.717, 1.165) is 67.2 Å². The van der Waals surface area contributed by atoms with Crippen LogP contribution in [0.5, 0.6) is 0 Å². The van der Waals surface area contributed by atoms with Gasteiger partial charge in [-0.05, 0) is 79.9 Å². The van der Waals surface area contributed by atoms with Gasteiger partial charge in [-0.15, -0.1) is 0 Å². The molecule has 0 unspecified atom stereocenters. The van der Waals surface area contributed by atoms with Crippen LogP contribution < -0.4 is 5.32 Å². The van der Waals surface area contributed by atoms with Crippen molar-refractivity contribution in [3.05, 3.63) is 29.5 Å². The highest BCUT2D eigenvalue weighted by molar-refractivity contribution is 6.09. The van der Waals surface area contributed by atoms with Crippen LogP contribution in [0.25, 0.3) is 10.9 Å². The minimum absolute atomic E-state index is 0.0161. The fourth-order valence-electron chi connectivity index (χ4n) is 7.66. The van der Waals surface area contributed by atoms with Crippen LogP contribution in [-0.4, -0.2) is 51.4 Å². The minimum Gasteiger partial charge on any atom is -0.385 e. The lowest BCUT2D eigenvalue weighted by atomic mass is 9.80. The van der Waals surface area contributed by atoms with E-state index in [1.165, 1.54) is 0 Å². The number of aromatic nitrogens is 1. The van der Waals surface area contributed by atoms with Gasteiger partial charge in [0.15, 0.2) is 11.6 Å². The highest BCUT2D eigenvalue weighted by Crippen LogP contribution is 2.62. The largest absolute Gasteiger partial charge is 0.385 e. The fourth-order valence-corrected chi connectivity index (χ4v) is 7.66. The van der Waals surface area contributed by atoms with Crippen LogP contribution in [0, 0.1) is 16.7 Å². The molecule has 3 heterocycles. The zero-order valence-corrected chi connectivity index (χ0v) is 26.5. The second-order valence-electron chi connectivity index (χ2n) is 14.5. The third kappa shape index (κ3) is 6.07. The second-order valence-corrected chi connectivity index (χ2v) is 14.5. The van der Waals surface area contributed by atoms with E-state index in [0.29, 0.717) is 42.9 Å². The average Bonchev–Trinajstić information content (AvgIpc) is 3.33. The summed E-state index contributed by atoms with van der Waals surface area (Å²) in [6, 6.07) is 3.83. The predicted molar refractivity (Wildman–Crippen MR) is 167 cm³/mol. The molecule has 228 valence electrons. The van der Waals surface area contributed by atoms with E-state index in [1.54, 1.807) is 6.92 Å². The van der Waals surface area contributed by atoms with Crippen LogP contribution in [0.3, 0.4) is 0 Å². The first-order valence-corrected chi connectivity index (χ1v) is 16.1. The third-order valence-corrected chi connectivity index (χ3v) is 10.0. The first-order chi connectivity index (χ1) is 19.8. The van der Waals surface area contributed by atoms with Gasteiger partial charge in [0, 0.05) is 54.7 Å². The number of hydrogen-bond acceptors (Lipinski definition) is 5. The Bertz CT molecular complexity index is 1400. The quantitative estimate of drug-likeness (QED) is 0.385. The SMILES string of the molecule is CCC(=O)[C@@H]1C[C@]23CCC(=O)CC(C)(C)CCCCc4cc(NCC(C)C)cc5c(C(C)=O)cn(c45)CC(=O)N1[C@@H]2C3. The lowest BCUT2D eigenvalue weighted by Gasteiger charge is -2.27. The Labute approximate surface area is 250 Å². The molecule has 42 heavy (non-hydrogen) atoms. The highest BCUT2D eigenvalue weighted by atomic mass is 16.2. The van der Waals surface area contributed by atoms with Crippen molar-refractivity contribution < 1.29 is 19.2 Å². The van der Waals surface area contributed by atoms with Crippen molar-refractivity contribution in [2.45, 2.75) is 124 Å². The lowest BCUT2D eigenvalue weighted by Crippen LogP contribution is -2.44. The summed E-state index contributed by atoms with van der Waals surface area (Å²) in [5, 5.41) is 4.43. The molecule has 2 aromatic rings. The molecule has 3 aliphatic rings. The van der Waals surface area contributed by atoms with Gasteiger partial charge in [-0.2, -0.15) is 0 Å². The zero-order valence-electron chi connectivity index (χ0n) is 26.5. The van der Waals surface area contributed by atoms with E-state index in [4.69, 9.17) is 0 Å². The Morgan fingerprint density at radius 2 is 1.83 bits per heavy atom. The molecule has 1 amide bonds. The number of aryl methyl sites for hydroxylation is 1. The molecule has 1 saturated carbocycles. The minimum atomic E-state index is -0.424. The van der Waals surface area contributed by atoms with Gasteiger partial charge in [-0.1, -0.05) is 41.0 Å². The molecule has 5 rings (SSSR count). The molecular formula is C35H49N3O4. The molecule has 2 fully saturated rings. The van der Waals surface area contributed by atoms with Gasteiger partial charge in [0.25, 0.3) is 0 Å². The molecule has 0 spiro atoms. The van der Waals surface area contributed by atoms with Gasteiger partial charge in [-0.3, -0.25) is 19.2 Å². The number of carbonyl (C=O) groups is 4. The number of amides is 1. The van der Waals surface area contributed by atoms with E-state index in [-0.39, 0.29) is 40.9 Å². The van der Waals surface area contributed by atoms with Crippen LogP contribution in [0.1, 0.15) is 115 Å². The molecule has 1 N–H and O–H groups in total. The van der Waals surface area contributed by atoms with Gasteiger partial charge in [0.05, 0.1) is 11.6 Å². The first kappa shape index (κ1) is 30.5. The van der Waals surface area contributed by atoms with Gasteiger partial charge in [0.1, 0.15) is 12.3 Å². The summed E-state index contributed by atoms with van der Waals surface area (Å²) in [4.78, 5) is 55.0. The van der Waals surface area contributed by atoms with E-state index in [9.17, 15) is 19.2 Å². The normalized spacial score (nSPS) is 26.3. The van der Waals surface area contributed by atoms with Crippen LogP contribution in [0.15, 0.2) is 18.3 Å². The molecule has 1 aromatic heterocycles. The summed E-state index contributed by atoms with van der Waals surface area (Å²) in [6.07, 6.45) is 9.36. The van der Waals surface area contributed by atoms with Crippen molar-refractivity contribution in [1.29, 1.82) is 0 Å². The summed E-state index contributed by atoms with van der Waals surface area (Å²) in [6.45, 7) is 13.1. The van der Waals surface area contributed by atoms with Crippen LogP contribution in [-0.2, 0) is 27.3 Å². The number of piperidine rings is 1. The first-order valence-electron chi connectivity index (χ1n) is 16.1. The number of nitrogens with zero attached hydrogens (tertiary/aromatic N) is 2. The third-order valence-electron chi connectivity index (χ3n) is 10.0. The maximum Gasteiger partial charge on any atom is 0.243 e. The van der Waals surface area contributed by atoms with E-state index in [2.05, 4.69) is 45.1 Å². The number of Topliss-reactive ketones (excluding diaryl/α,β-unsaturated/α-hetero) is 3. The maximum atomic E-state index is 14.1. The zero-order chi connectivity index (χ0) is 30.4. The topological polar surface area (TPSA) is 88.5 Å². The van der Waals surface area contributed by atoms with Crippen LogP contribution in [0.2, 0.25) is 0 Å². The Morgan fingerprint density at radius 1 is 1.07 bits per heavy atom. The summed E-state index contributed by atoms with van der Waals surface area (Å²) in [7, 11) is 0. The van der Waals surface area contributed by atoms with Crippen molar-refractivity contribution in [3.8, 4) is 0 Å². The Kier molecular flexibility index (Phi) is 8.43. The van der Waals surface area contributed by atoms with Gasteiger partial charge in [-0.25, -0.2) is 0 Å². The Hall–Kier alpha value is -2.96. The predicted octanol–water partition coefficient (Wildman–Crippen LogP) is 6.74. The molecular weight excluding hydrogens is 526 g/mol. The number of ketones is 3. The lowest BCUT2D eigenvalue weighted by molar-refractivity contribution is -0.139. The average molecular weight is 576 g/mol. The van der Waals surface area contributed by atoms with Crippen LogP contribution >= 0.6 is 0 Å². The molecule has 2 aliphatic heterocycles. The smallest absolute Gasteiger partial charge is 0.243 e. The van der Waals surface area contributed by atoms with Crippen molar-refractivity contribution in [3.63, 3.8) is 0 Å². The molecule has 7 heteroatoms. The molecule has 1 aromatic carbocycles. The van der Waals surface area contributed by atoms with Crippen molar-refractivity contribution in [1.82, 2.24) is 9.47 Å². The standard InChI is InChI=1S/C35H49N3O4/c1-7-30(41)29-17-35-13-11-26(40)16-34(5,6)12-9-8-10-24-14-25(36-19-22(2)3)15-27-28(23(4)39)20-37(33(24)27)21-32(42)38(29)31(35)18-35/h14-15,20,22,29,31,36H,7-13,16-19,21H2,1-6H3/t29-,31+,35-/m0/s1. The monoisotopic (exact) mass is 575 g/mol. The summed E-state index contributed by atoms with van der Waals surface area (Å²) in [5.41, 5.74) is 3.50. The number of carbonyl (C=O) groups excluding carboxylic acids is 4. The van der Waals surface area contributed by atoms with Crippen molar-refractivity contribution in [2.24, 2.45) is 16.7 Å². The molecule has 0 radical (unpaired) electrons. The molecule has 1 aliphatic carbocycles. The summed E-state index contributed by atoms with van der Waals surface area (Å²) in [5.74, 6) is 0.780. The maximum absolute atomic E-state index is 14.1. The summed E-state index contributed by atoms with van der Waals surface area (Å²) < 4.78 is 1.97. The molecule has 1 saturated heterocycles. The number of hydrogen-bond donors (Lipinski definition) is 1. The summed E-state index contributed by atoms with van der Waals surface area (Å²) >= 11 is 0. The van der Waals surface area contributed by atoms with Crippen LogP contribution in [0.4, 0.5) is 5.69 Å². The van der Waals surface area contributed by atoms with Crippen molar-refractivity contribution in [2.75, 3.05) is 11.9 Å². The number of rotatable bonds is 6. The second kappa shape index (κ2) is 11.6. The van der Waals surface area contributed by atoms with Gasteiger partial charge in [0.2, 0.25) is 5.91 Å². The number of benzene rings is 1. The van der Waals surface area contributed by atoms with Crippen molar-refractivity contribution >= 4 is 39.8 Å². The molecule has 2 bridgehead atoms.